The molecule has 1 aromatic heterocycles. The van der Waals surface area contributed by atoms with Gasteiger partial charge in [0, 0.05) is 30.8 Å². The highest BCUT2D eigenvalue weighted by atomic mass is 15.1. The van der Waals surface area contributed by atoms with Gasteiger partial charge < -0.3 is 10.2 Å². The lowest BCUT2D eigenvalue weighted by molar-refractivity contribution is 0.204. The molecule has 118 valence electrons. The van der Waals surface area contributed by atoms with Gasteiger partial charge in [0.1, 0.15) is 11.6 Å². The fourth-order valence-electron chi connectivity index (χ4n) is 2.87. The molecule has 1 atom stereocenters. The largest absolute Gasteiger partial charge is 0.370 e. The van der Waals surface area contributed by atoms with Crippen LogP contribution in [0.4, 0.5) is 5.82 Å². The number of nitrogens with one attached hydrogen (secondary N) is 1. The minimum atomic E-state index is 0.372. The van der Waals surface area contributed by atoms with Gasteiger partial charge in [-0.05, 0) is 38.8 Å². The normalized spacial score (nSPS) is 18.0. The first-order chi connectivity index (χ1) is 10.0. The zero-order valence-electron chi connectivity index (χ0n) is 14.0. The molecule has 0 radical (unpaired) electrons. The van der Waals surface area contributed by atoms with E-state index in [-0.39, 0.29) is 0 Å². The summed E-state index contributed by atoms with van der Waals surface area (Å²) >= 11 is 0. The van der Waals surface area contributed by atoms with Crippen LogP contribution in [0.25, 0.3) is 0 Å². The van der Waals surface area contributed by atoms with Crippen molar-refractivity contribution in [2.24, 2.45) is 5.92 Å². The summed E-state index contributed by atoms with van der Waals surface area (Å²) in [6.45, 7) is 13.3. The quantitative estimate of drug-likeness (QED) is 0.871. The monoisotopic (exact) mass is 290 g/mol. The molecule has 0 aliphatic carbocycles. The summed E-state index contributed by atoms with van der Waals surface area (Å²) in [5.41, 5.74) is 1.04. The lowest BCUT2D eigenvalue weighted by Gasteiger charge is -2.29. The number of hydrogen-bond acceptors (Lipinski definition) is 4. The zero-order chi connectivity index (χ0) is 15.2. The first-order valence-corrected chi connectivity index (χ1v) is 8.36. The second-order valence-corrected chi connectivity index (χ2v) is 6.75. The van der Waals surface area contributed by atoms with Gasteiger partial charge in [0.25, 0.3) is 0 Å². The number of anilines is 1. The molecule has 1 N–H and O–H groups in total. The lowest BCUT2D eigenvalue weighted by Crippen LogP contribution is -2.35. The highest BCUT2D eigenvalue weighted by Gasteiger charge is 2.13. The van der Waals surface area contributed by atoms with Crippen LogP contribution in [0.1, 0.15) is 57.5 Å². The van der Waals surface area contributed by atoms with Crippen molar-refractivity contribution in [1.82, 2.24) is 14.9 Å². The van der Waals surface area contributed by atoms with Gasteiger partial charge in [0.15, 0.2) is 0 Å². The van der Waals surface area contributed by atoms with Crippen molar-refractivity contribution in [2.75, 3.05) is 31.5 Å². The van der Waals surface area contributed by atoms with E-state index in [9.17, 15) is 0 Å². The van der Waals surface area contributed by atoms with E-state index in [1.807, 2.05) is 13.0 Å². The maximum Gasteiger partial charge on any atom is 0.133 e. The Morgan fingerprint density at radius 1 is 1.14 bits per heavy atom. The number of hydrogen-bond donors (Lipinski definition) is 1. The molecule has 0 saturated carbocycles. The van der Waals surface area contributed by atoms with Crippen molar-refractivity contribution in [2.45, 2.75) is 52.9 Å². The molecule has 1 saturated heterocycles. The van der Waals surface area contributed by atoms with E-state index < -0.39 is 0 Å². The molecule has 1 aromatic rings. The maximum absolute atomic E-state index is 4.62. The van der Waals surface area contributed by atoms with Crippen LogP contribution in [0.2, 0.25) is 0 Å². The van der Waals surface area contributed by atoms with E-state index in [1.54, 1.807) is 0 Å². The van der Waals surface area contributed by atoms with Crippen LogP contribution in [0.3, 0.4) is 0 Å². The molecule has 1 aliphatic heterocycles. The minimum Gasteiger partial charge on any atom is -0.370 e. The van der Waals surface area contributed by atoms with E-state index in [4.69, 9.17) is 0 Å². The topological polar surface area (TPSA) is 41.0 Å². The van der Waals surface area contributed by atoms with Crippen LogP contribution in [-0.4, -0.2) is 41.0 Å². The average molecular weight is 290 g/mol. The highest BCUT2D eigenvalue weighted by molar-refractivity contribution is 5.36. The van der Waals surface area contributed by atoms with Crippen LogP contribution >= 0.6 is 0 Å². The molecule has 4 heteroatoms. The van der Waals surface area contributed by atoms with Gasteiger partial charge >= 0.3 is 0 Å². The molecule has 1 unspecified atom stereocenters. The Hall–Kier alpha value is -1.16. The summed E-state index contributed by atoms with van der Waals surface area (Å²) in [6, 6.07) is 2.04. The van der Waals surface area contributed by atoms with Gasteiger partial charge in [-0.25, -0.2) is 9.97 Å². The molecular formula is C17H30N4. The highest BCUT2D eigenvalue weighted by Crippen LogP contribution is 2.15. The average Bonchev–Trinajstić information content (AvgIpc) is 2.45. The van der Waals surface area contributed by atoms with E-state index in [0.29, 0.717) is 11.8 Å². The predicted molar refractivity (Wildman–Crippen MR) is 88.8 cm³/mol. The Morgan fingerprint density at radius 2 is 1.86 bits per heavy atom. The predicted octanol–water partition coefficient (Wildman–Crippen LogP) is 3.44. The third-order valence-electron chi connectivity index (χ3n) is 4.04. The summed E-state index contributed by atoms with van der Waals surface area (Å²) in [5, 5.41) is 3.49. The van der Waals surface area contributed by atoms with Crippen LogP contribution < -0.4 is 5.32 Å². The van der Waals surface area contributed by atoms with Gasteiger partial charge in [-0.2, -0.15) is 0 Å². The number of rotatable bonds is 6. The third-order valence-corrected chi connectivity index (χ3v) is 4.04. The number of aromatic nitrogens is 2. The van der Waals surface area contributed by atoms with Gasteiger partial charge in [-0.15, -0.1) is 0 Å². The van der Waals surface area contributed by atoms with Crippen LogP contribution in [0, 0.1) is 12.8 Å². The zero-order valence-corrected chi connectivity index (χ0v) is 14.0. The standard InChI is InChI=1S/C17H30N4/c1-13(2)17-19-15(4)10-16(20-17)18-11-14(3)12-21-8-6-5-7-9-21/h10,13-14H,5-9,11-12H2,1-4H3,(H,18,19,20). The molecule has 0 bridgehead atoms. The van der Waals surface area contributed by atoms with Crippen molar-refractivity contribution in [1.29, 1.82) is 0 Å². The smallest absolute Gasteiger partial charge is 0.133 e. The summed E-state index contributed by atoms with van der Waals surface area (Å²) in [6.07, 6.45) is 4.13. The van der Waals surface area contributed by atoms with Crippen LogP contribution in [0.15, 0.2) is 6.07 Å². The van der Waals surface area contributed by atoms with E-state index in [2.05, 4.69) is 41.0 Å². The fourth-order valence-corrected chi connectivity index (χ4v) is 2.87. The molecule has 1 aliphatic rings. The Kier molecular flexibility index (Phi) is 5.97. The molecule has 0 aromatic carbocycles. The Balaban J connectivity index is 1.84. The summed E-state index contributed by atoms with van der Waals surface area (Å²) in [7, 11) is 0. The second-order valence-electron chi connectivity index (χ2n) is 6.75. The number of aryl methyl sites for hydroxylation is 1. The third kappa shape index (κ3) is 5.27. The maximum atomic E-state index is 4.62. The molecule has 2 heterocycles. The van der Waals surface area contributed by atoms with E-state index in [0.717, 1.165) is 23.9 Å². The van der Waals surface area contributed by atoms with Crippen molar-refractivity contribution in [3.8, 4) is 0 Å². The Morgan fingerprint density at radius 3 is 2.52 bits per heavy atom. The fraction of sp³-hybridized carbons (Fsp3) is 0.765. The Labute approximate surface area is 129 Å². The molecule has 2 rings (SSSR count). The van der Waals surface area contributed by atoms with Crippen molar-refractivity contribution < 1.29 is 0 Å². The van der Waals surface area contributed by atoms with Crippen LogP contribution in [0.5, 0.6) is 0 Å². The van der Waals surface area contributed by atoms with E-state index >= 15 is 0 Å². The van der Waals surface area contributed by atoms with Crippen molar-refractivity contribution >= 4 is 5.82 Å². The summed E-state index contributed by atoms with van der Waals surface area (Å²) < 4.78 is 0. The SMILES string of the molecule is Cc1cc(NCC(C)CN2CCCCC2)nc(C(C)C)n1. The Bertz CT molecular complexity index is 438. The lowest BCUT2D eigenvalue weighted by atomic mass is 10.1. The molecular weight excluding hydrogens is 260 g/mol. The molecule has 1 fully saturated rings. The van der Waals surface area contributed by atoms with Crippen molar-refractivity contribution in [3.63, 3.8) is 0 Å². The molecule has 21 heavy (non-hydrogen) atoms. The van der Waals surface area contributed by atoms with Gasteiger partial charge in [0.2, 0.25) is 0 Å². The first-order valence-electron chi connectivity index (χ1n) is 8.36. The van der Waals surface area contributed by atoms with Gasteiger partial charge in [-0.3, -0.25) is 0 Å². The van der Waals surface area contributed by atoms with Gasteiger partial charge in [-0.1, -0.05) is 27.2 Å². The molecule has 4 nitrogen and oxygen atoms in total. The molecule has 0 amide bonds. The van der Waals surface area contributed by atoms with Crippen LogP contribution in [-0.2, 0) is 0 Å². The molecule has 0 spiro atoms. The van der Waals surface area contributed by atoms with Gasteiger partial charge in [0.05, 0.1) is 0 Å². The second kappa shape index (κ2) is 7.74. The minimum absolute atomic E-state index is 0.372. The van der Waals surface area contributed by atoms with Crippen molar-refractivity contribution in [3.05, 3.63) is 17.6 Å². The number of likely N-dealkylation sites (tertiary alicyclic amines) is 1. The number of nitrogens with zero attached hydrogens (tertiary/aromatic N) is 3. The summed E-state index contributed by atoms with van der Waals surface area (Å²) in [4.78, 5) is 11.7. The first kappa shape index (κ1) is 16.2. The summed E-state index contributed by atoms with van der Waals surface area (Å²) in [5.74, 6) is 2.91. The number of piperidine rings is 1. The van der Waals surface area contributed by atoms with E-state index in [1.165, 1.54) is 38.9 Å².